The van der Waals surface area contributed by atoms with E-state index in [1.54, 1.807) is 0 Å². The lowest BCUT2D eigenvalue weighted by atomic mass is 9.84. The third-order valence-corrected chi connectivity index (χ3v) is 6.69. The first-order valence-corrected chi connectivity index (χ1v) is 9.08. The van der Waals surface area contributed by atoms with Gasteiger partial charge in [0.2, 0.25) is 10.0 Å². The SMILES string of the molecule is O=S(=O)(c1cc(F)ccc1F)N1CCC(C2CCNC2)CC1. The van der Waals surface area contributed by atoms with E-state index in [1.807, 2.05) is 0 Å². The second-order valence-electron chi connectivity index (χ2n) is 6.07. The van der Waals surface area contributed by atoms with Gasteiger partial charge in [0, 0.05) is 13.1 Å². The summed E-state index contributed by atoms with van der Waals surface area (Å²) in [7, 11) is -3.96. The number of hydrogen-bond donors (Lipinski definition) is 1. The van der Waals surface area contributed by atoms with Crippen molar-refractivity contribution < 1.29 is 17.2 Å². The molecule has 7 heteroatoms. The van der Waals surface area contributed by atoms with Crippen molar-refractivity contribution in [2.45, 2.75) is 24.2 Å². The molecule has 0 radical (unpaired) electrons. The predicted octanol–water partition coefficient (Wildman–Crippen LogP) is 1.98. The second kappa shape index (κ2) is 6.22. The van der Waals surface area contributed by atoms with E-state index in [0.717, 1.165) is 50.6 Å². The maximum atomic E-state index is 13.8. The van der Waals surface area contributed by atoms with Crippen LogP contribution in [0.25, 0.3) is 0 Å². The minimum atomic E-state index is -3.96. The molecule has 122 valence electrons. The molecule has 1 N–H and O–H groups in total. The quantitative estimate of drug-likeness (QED) is 0.922. The highest BCUT2D eigenvalue weighted by Crippen LogP contribution is 2.31. The van der Waals surface area contributed by atoms with Crippen LogP contribution in [-0.2, 0) is 10.0 Å². The number of nitrogens with zero attached hydrogens (tertiary/aromatic N) is 1. The van der Waals surface area contributed by atoms with Gasteiger partial charge in [-0.05, 0) is 62.4 Å². The molecule has 0 saturated carbocycles. The summed E-state index contributed by atoms with van der Waals surface area (Å²) in [6.07, 6.45) is 2.70. The molecular formula is C15H20F2N2O2S. The van der Waals surface area contributed by atoms with Crippen molar-refractivity contribution in [1.82, 2.24) is 9.62 Å². The summed E-state index contributed by atoms with van der Waals surface area (Å²) < 4.78 is 53.3. The molecule has 1 atom stereocenters. The van der Waals surface area contributed by atoms with E-state index in [9.17, 15) is 17.2 Å². The Morgan fingerprint density at radius 2 is 1.82 bits per heavy atom. The molecule has 2 aliphatic rings. The lowest BCUT2D eigenvalue weighted by molar-refractivity contribution is 0.216. The fraction of sp³-hybridized carbons (Fsp3) is 0.600. The Labute approximate surface area is 129 Å². The van der Waals surface area contributed by atoms with Gasteiger partial charge in [-0.2, -0.15) is 4.31 Å². The third-order valence-electron chi connectivity index (χ3n) is 4.77. The first kappa shape index (κ1) is 15.8. The molecule has 2 fully saturated rings. The van der Waals surface area contributed by atoms with Gasteiger partial charge in [0.1, 0.15) is 16.5 Å². The number of sulfonamides is 1. The van der Waals surface area contributed by atoms with Crippen LogP contribution < -0.4 is 5.32 Å². The van der Waals surface area contributed by atoms with Gasteiger partial charge in [-0.25, -0.2) is 17.2 Å². The van der Waals surface area contributed by atoms with E-state index < -0.39 is 26.6 Å². The summed E-state index contributed by atoms with van der Waals surface area (Å²) in [5, 5.41) is 3.33. The topological polar surface area (TPSA) is 49.4 Å². The Bertz CT molecular complexity index is 637. The maximum Gasteiger partial charge on any atom is 0.246 e. The molecule has 0 aliphatic carbocycles. The normalized spacial score (nSPS) is 24.7. The van der Waals surface area contributed by atoms with Gasteiger partial charge >= 0.3 is 0 Å². The van der Waals surface area contributed by atoms with E-state index in [2.05, 4.69) is 5.32 Å². The summed E-state index contributed by atoms with van der Waals surface area (Å²) in [5.41, 5.74) is 0. The summed E-state index contributed by atoms with van der Waals surface area (Å²) in [6, 6.07) is 2.55. The van der Waals surface area contributed by atoms with E-state index in [1.165, 1.54) is 4.31 Å². The van der Waals surface area contributed by atoms with Gasteiger partial charge in [-0.3, -0.25) is 0 Å². The molecule has 4 nitrogen and oxygen atoms in total. The zero-order chi connectivity index (χ0) is 15.7. The largest absolute Gasteiger partial charge is 0.316 e. The monoisotopic (exact) mass is 330 g/mol. The van der Waals surface area contributed by atoms with Crippen molar-refractivity contribution in [3.63, 3.8) is 0 Å². The van der Waals surface area contributed by atoms with E-state index in [0.29, 0.717) is 24.9 Å². The number of benzene rings is 1. The Morgan fingerprint density at radius 1 is 1.09 bits per heavy atom. The first-order chi connectivity index (χ1) is 10.5. The van der Waals surface area contributed by atoms with Crippen molar-refractivity contribution in [2.75, 3.05) is 26.2 Å². The standard InChI is InChI=1S/C15H20F2N2O2S/c16-13-1-2-14(17)15(9-13)22(20,21)19-7-4-11(5-8-19)12-3-6-18-10-12/h1-2,9,11-12,18H,3-8,10H2. The molecule has 1 aromatic rings. The number of rotatable bonds is 3. The lowest BCUT2D eigenvalue weighted by Gasteiger charge is -2.33. The molecular weight excluding hydrogens is 310 g/mol. The Morgan fingerprint density at radius 3 is 2.45 bits per heavy atom. The summed E-state index contributed by atoms with van der Waals surface area (Å²) in [4.78, 5) is -0.562. The van der Waals surface area contributed by atoms with Gasteiger partial charge < -0.3 is 5.32 Å². The van der Waals surface area contributed by atoms with Crippen LogP contribution in [0.3, 0.4) is 0 Å². The Hall–Kier alpha value is -1.05. The van der Waals surface area contributed by atoms with Gasteiger partial charge in [0.15, 0.2) is 0 Å². The van der Waals surface area contributed by atoms with Gasteiger partial charge in [-0.15, -0.1) is 0 Å². The molecule has 3 rings (SSSR count). The Balaban J connectivity index is 1.73. The third kappa shape index (κ3) is 3.02. The van der Waals surface area contributed by atoms with Crippen LogP contribution >= 0.6 is 0 Å². The zero-order valence-corrected chi connectivity index (χ0v) is 13.1. The van der Waals surface area contributed by atoms with E-state index in [4.69, 9.17) is 0 Å². The average Bonchev–Trinajstić information content (AvgIpc) is 3.04. The number of hydrogen-bond acceptors (Lipinski definition) is 3. The van der Waals surface area contributed by atoms with E-state index >= 15 is 0 Å². The number of halogens is 2. The van der Waals surface area contributed by atoms with E-state index in [-0.39, 0.29) is 0 Å². The van der Waals surface area contributed by atoms with Crippen LogP contribution in [0.1, 0.15) is 19.3 Å². The molecule has 2 heterocycles. The fourth-order valence-corrected chi connectivity index (χ4v) is 5.03. The summed E-state index contributed by atoms with van der Waals surface area (Å²) >= 11 is 0. The molecule has 0 aromatic heterocycles. The second-order valence-corrected chi connectivity index (χ2v) is 7.98. The predicted molar refractivity (Wildman–Crippen MR) is 78.8 cm³/mol. The van der Waals surface area contributed by atoms with Crippen LogP contribution in [-0.4, -0.2) is 38.9 Å². The smallest absolute Gasteiger partial charge is 0.246 e. The number of piperidine rings is 1. The summed E-state index contributed by atoms with van der Waals surface area (Å²) in [5.74, 6) is -0.523. The molecule has 2 saturated heterocycles. The molecule has 0 amide bonds. The highest BCUT2D eigenvalue weighted by atomic mass is 32.2. The molecule has 0 bridgehead atoms. The number of nitrogens with one attached hydrogen (secondary N) is 1. The highest BCUT2D eigenvalue weighted by molar-refractivity contribution is 7.89. The van der Waals surface area contributed by atoms with Gasteiger partial charge in [0.25, 0.3) is 0 Å². The maximum absolute atomic E-state index is 13.8. The highest BCUT2D eigenvalue weighted by Gasteiger charge is 2.34. The average molecular weight is 330 g/mol. The van der Waals surface area contributed by atoms with Gasteiger partial charge in [0.05, 0.1) is 0 Å². The zero-order valence-electron chi connectivity index (χ0n) is 12.3. The lowest BCUT2D eigenvalue weighted by Crippen LogP contribution is -2.40. The molecule has 22 heavy (non-hydrogen) atoms. The molecule has 1 aromatic carbocycles. The van der Waals surface area contributed by atoms with Crippen LogP contribution in [0, 0.1) is 23.5 Å². The minimum absolute atomic E-state index is 0.374. The van der Waals surface area contributed by atoms with Crippen molar-refractivity contribution >= 4 is 10.0 Å². The van der Waals surface area contributed by atoms with Gasteiger partial charge in [-0.1, -0.05) is 0 Å². The van der Waals surface area contributed by atoms with Crippen LogP contribution in [0.15, 0.2) is 23.1 Å². The van der Waals surface area contributed by atoms with Crippen molar-refractivity contribution in [2.24, 2.45) is 11.8 Å². The van der Waals surface area contributed by atoms with Crippen LogP contribution in [0.5, 0.6) is 0 Å². The first-order valence-electron chi connectivity index (χ1n) is 7.64. The van der Waals surface area contributed by atoms with Crippen molar-refractivity contribution in [1.29, 1.82) is 0 Å². The fourth-order valence-electron chi connectivity index (χ4n) is 3.48. The van der Waals surface area contributed by atoms with Crippen molar-refractivity contribution in [3.05, 3.63) is 29.8 Å². The van der Waals surface area contributed by atoms with Crippen molar-refractivity contribution in [3.8, 4) is 0 Å². The van der Waals surface area contributed by atoms with Crippen LogP contribution in [0.2, 0.25) is 0 Å². The molecule has 2 aliphatic heterocycles. The van der Waals surface area contributed by atoms with Crippen LogP contribution in [0.4, 0.5) is 8.78 Å². The summed E-state index contributed by atoms with van der Waals surface area (Å²) in [6.45, 7) is 2.77. The Kier molecular flexibility index (Phi) is 4.47. The minimum Gasteiger partial charge on any atom is -0.316 e. The molecule has 1 unspecified atom stereocenters. The molecule has 0 spiro atoms.